The minimum Gasteiger partial charge on any atom is -0.505 e. The fraction of sp³-hybridized carbons (Fsp3) is 0.148. The first-order valence-electron chi connectivity index (χ1n) is 11.4. The van der Waals surface area contributed by atoms with E-state index in [0.29, 0.717) is 28.1 Å². The van der Waals surface area contributed by atoms with Crippen molar-refractivity contribution in [2.24, 2.45) is 0 Å². The summed E-state index contributed by atoms with van der Waals surface area (Å²) in [4.78, 5) is 27.6. The fourth-order valence-electron chi connectivity index (χ4n) is 4.34. The minimum absolute atomic E-state index is 0.0908. The van der Waals surface area contributed by atoms with Gasteiger partial charge in [0.25, 0.3) is 5.91 Å². The Hall–Kier alpha value is -4.50. The average Bonchev–Trinajstić information content (AvgIpc) is 3.56. The molecule has 3 N–H and O–H groups in total. The Bertz CT molecular complexity index is 1500. The second kappa shape index (κ2) is 10.2. The van der Waals surface area contributed by atoms with E-state index in [1.807, 2.05) is 47.0 Å². The average molecular weight is 520 g/mol. The van der Waals surface area contributed by atoms with Gasteiger partial charge in [-0.25, -0.2) is 4.98 Å². The summed E-state index contributed by atoms with van der Waals surface area (Å²) in [5.41, 5.74) is 2.87. The maximum atomic E-state index is 12.5. The Balaban J connectivity index is 1.70. The third-order valence-corrected chi connectivity index (χ3v) is 6.28. The number of nitrogens with zero attached hydrogens (tertiary/aromatic N) is 2. The molecule has 9 nitrogen and oxygen atoms in total. The molecule has 0 radical (unpaired) electrons. The van der Waals surface area contributed by atoms with E-state index >= 15 is 0 Å². The van der Waals surface area contributed by atoms with Crippen molar-refractivity contribution >= 4 is 34.4 Å². The number of pyridine rings is 1. The highest BCUT2D eigenvalue weighted by molar-refractivity contribution is 6.30. The maximum Gasteiger partial charge on any atom is 0.322 e. The normalized spacial score (nSPS) is 13.5. The molecular weight excluding hydrogens is 498 g/mol. The number of halogens is 1. The number of benzene rings is 2. The third kappa shape index (κ3) is 4.94. The molecule has 1 atom stereocenters. The molecule has 2 aromatic heterocycles. The monoisotopic (exact) mass is 519 g/mol. The SMILES string of the molecule is O=C(O)CNC(=O)c1ncc2c(cc(-c3ccc(Cl)cc3)n2C(Cc2ccccc2)C2=COCO2)c1O. The second-order valence-electron chi connectivity index (χ2n) is 8.39. The zero-order valence-corrected chi connectivity index (χ0v) is 20.2. The number of carboxylic acid groups (broad SMARTS) is 1. The molecule has 188 valence electrons. The molecule has 4 aromatic rings. The first kappa shape index (κ1) is 24.2. The highest BCUT2D eigenvalue weighted by atomic mass is 35.5. The van der Waals surface area contributed by atoms with Crippen LogP contribution in [0.1, 0.15) is 22.1 Å². The number of carboxylic acids is 1. The number of aromatic nitrogens is 2. The molecule has 1 aliphatic rings. The Morgan fingerprint density at radius 1 is 1.14 bits per heavy atom. The molecule has 1 amide bonds. The summed E-state index contributed by atoms with van der Waals surface area (Å²) in [5.74, 6) is -1.76. The summed E-state index contributed by atoms with van der Waals surface area (Å²) in [6.07, 6.45) is 3.60. The lowest BCUT2D eigenvalue weighted by molar-refractivity contribution is -0.135. The van der Waals surface area contributed by atoms with Crippen molar-refractivity contribution in [3.63, 3.8) is 0 Å². The standard InChI is InChI=1S/C27H22ClN3O6/c28-18-8-6-17(7-9-18)20-11-19-22(12-29-25(26(19)34)27(35)30-13-24(32)33)31(20)21(23-14-36-15-37-23)10-16-4-2-1-3-5-16/h1-9,11-12,14,21,34H,10,13,15H2,(H,30,35)(H,32,33). The number of aliphatic carboxylic acids is 1. The first-order chi connectivity index (χ1) is 17.9. The van der Waals surface area contributed by atoms with Crippen LogP contribution in [0, 0.1) is 0 Å². The van der Waals surface area contributed by atoms with E-state index in [1.54, 1.807) is 24.5 Å². The van der Waals surface area contributed by atoms with Crippen molar-refractivity contribution in [2.75, 3.05) is 13.3 Å². The van der Waals surface area contributed by atoms with Crippen LogP contribution in [0.5, 0.6) is 5.75 Å². The predicted octanol–water partition coefficient (Wildman–Crippen LogP) is 4.51. The van der Waals surface area contributed by atoms with Gasteiger partial charge in [-0.2, -0.15) is 0 Å². The van der Waals surface area contributed by atoms with E-state index in [0.717, 1.165) is 16.8 Å². The number of carbonyl (C=O) groups is 2. The number of carbonyl (C=O) groups excluding carboxylic acids is 1. The van der Waals surface area contributed by atoms with Crippen molar-refractivity contribution in [3.05, 3.63) is 95.2 Å². The highest BCUT2D eigenvalue weighted by Gasteiger charge is 2.29. The molecule has 37 heavy (non-hydrogen) atoms. The number of nitrogens with one attached hydrogen (secondary N) is 1. The van der Waals surface area contributed by atoms with Gasteiger partial charge in [0, 0.05) is 22.5 Å². The Morgan fingerprint density at radius 3 is 2.57 bits per heavy atom. The zero-order chi connectivity index (χ0) is 25.9. The number of hydrogen-bond donors (Lipinski definition) is 3. The van der Waals surface area contributed by atoms with Gasteiger partial charge in [0.05, 0.1) is 17.8 Å². The van der Waals surface area contributed by atoms with E-state index in [-0.39, 0.29) is 24.3 Å². The van der Waals surface area contributed by atoms with E-state index in [1.165, 1.54) is 6.20 Å². The maximum absolute atomic E-state index is 12.5. The predicted molar refractivity (Wildman–Crippen MR) is 136 cm³/mol. The van der Waals surface area contributed by atoms with Crippen molar-refractivity contribution < 1.29 is 29.3 Å². The van der Waals surface area contributed by atoms with Crippen molar-refractivity contribution in [1.82, 2.24) is 14.9 Å². The van der Waals surface area contributed by atoms with Crippen LogP contribution >= 0.6 is 11.6 Å². The fourth-order valence-corrected chi connectivity index (χ4v) is 4.47. The van der Waals surface area contributed by atoms with Crippen LogP contribution in [-0.2, 0) is 20.7 Å². The lowest BCUT2D eigenvalue weighted by Gasteiger charge is -2.23. The van der Waals surface area contributed by atoms with E-state index in [9.17, 15) is 14.7 Å². The van der Waals surface area contributed by atoms with E-state index in [4.69, 9.17) is 26.2 Å². The largest absolute Gasteiger partial charge is 0.505 e. The van der Waals surface area contributed by atoms with Gasteiger partial charge >= 0.3 is 5.97 Å². The topological polar surface area (TPSA) is 123 Å². The summed E-state index contributed by atoms with van der Waals surface area (Å²) < 4.78 is 13.2. The lowest BCUT2D eigenvalue weighted by atomic mass is 10.0. The summed E-state index contributed by atoms with van der Waals surface area (Å²) >= 11 is 6.14. The summed E-state index contributed by atoms with van der Waals surface area (Å²) in [5, 5.41) is 23.1. The highest BCUT2D eigenvalue weighted by Crippen LogP contribution is 2.40. The molecule has 0 aliphatic carbocycles. The van der Waals surface area contributed by atoms with Crippen molar-refractivity contribution in [2.45, 2.75) is 12.5 Å². The summed E-state index contributed by atoms with van der Waals surface area (Å²) in [6, 6.07) is 18.5. The number of ether oxygens (including phenoxy) is 2. The minimum atomic E-state index is -1.21. The molecule has 0 spiro atoms. The molecule has 2 aromatic carbocycles. The Morgan fingerprint density at radius 2 is 1.89 bits per heavy atom. The van der Waals surface area contributed by atoms with Crippen LogP contribution in [0.4, 0.5) is 0 Å². The van der Waals surface area contributed by atoms with E-state index < -0.39 is 18.4 Å². The van der Waals surface area contributed by atoms with Crippen molar-refractivity contribution in [1.29, 1.82) is 0 Å². The molecule has 0 saturated carbocycles. The van der Waals surface area contributed by atoms with Gasteiger partial charge in [0.15, 0.2) is 17.2 Å². The second-order valence-corrected chi connectivity index (χ2v) is 8.83. The number of rotatable bonds is 8. The van der Waals surface area contributed by atoms with Crippen LogP contribution in [0.3, 0.4) is 0 Å². The van der Waals surface area contributed by atoms with Gasteiger partial charge in [0.2, 0.25) is 6.79 Å². The van der Waals surface area contributed by atoms with Gasteiger partial charge in [-0.3, -0.25) is 9.59 Å². The molecule has 0 bridgehead atoms. The Kier molecular flexibility index (Phi) is 6.70. The third-order valence-electron chi connectivity index (χ3n) is 6.03. The van der Waals surface area contributed by atoms with Crippen LogP contribution in [0.2, 0.25) is 5.02 Å². The van der Waals surface area contributed by atoms with Crippen LogP contribution in [0.15, 0.2) is 78.9 Å². The summed E-state index contributed by atoms with van der Waals surface area (Å²) in [7, 11) is 0. The number of hydrogen-bond acceptors (Lipinski definition) is 6. The van der Waals surface area contributed by atoms with Gasteiger partial charge in [-0.1, -0.05) is 54.1 Å². The van der Waals surface area contributed by atoms with E-state index in [2.05, 4.69) is 10.3 Å². The van der Waals surface area contributed by atoms with Gasteiger partial charge in [0.1, 0.15) is 12.8 Å². The quantitative estimate of drug-likeness (QED) is 0.313. The lowest BCUT2D eigenvalue weighted by Crippen LogP contribution is -2.29. The molecule has 10 heteroatoms. The van der Waals surface area contributed by atoms with Crippen LogP contribution in [-0.4, -0.2) is 45.0 Å². The van der Waals surface area contributed by atoms with Gasteiger partial charge in [-0.05, 0) is 29.3 Å². The van der Waals surface area contributed by atoms with Crippen LogP contribution in [0.25, 0.3) is 22.2 Å². The molecular formula is C27H22ClN3O6. The number of fused-ring (bicyclic) bond motifs is 1. The van der Waals surface area contributed by atoms with Crippen LogP contribution < -0.4 is 5.32 Å². The molecule has 1 aliphatic heterocycles. The van der Waals surface area contributed by atoms with Crippen molar-refractivity contribution in [3.8, 4) is 17.0 Å². The molecule has 1 unspecified atom stereocenters. The smallest absolute Gasteiger partial charge is 0.322 e. The first-order valence-corrected chi connectivity index (χ1v) is 11.8. The van der Waals surface area contributed by atoms with Gasteiger partial charge < -0.3 is 29.6 Å². The van der Waals surface area contributed by atoms with Gasteiger partial charge in [-0.15, -0.1) is 0 Å². The summed E-state index contributed by atoms with van der Waals surface area (Å²) in [6.45, 7) is -0.507. The molecule has 3 heterocycles. The molecule has 5 rings (SSSR count). The Labute approximate surface area is 216 Å². The zero-order valence-electron chi connectivity index (χ0n) is 19.4. The number of allylic oxidation sites excluding steroid dienone is 1. The number of amides is 1. The molecule has 0 saturated heterocycles. The molecule has 0 fully saturated rings. The number of aromatic hydroxyl groups is 1.